The number of nitrogens with zero attached hydrogens (tertiary/aromatic N) is 1. The maximum Gasteiger partial charge on any atom is 0.433 e. The van der Waals surface area contributed by atoms with E-state index in [4.69, 9.17) is 14.6 Å². The number of nitrogens with two attached hydrogens (primary N) is 1. The van der Waals surface area contributed by atoms with Crippen LogP contribution in [0.1, 0.15) is 68.8 Å². The fraction of sp³-hybridized carbons (Fsp3) is 0.556. The summed E-state index contributed by atoms with van der Waals surface area (Å²) in [5, 5.41) is 10.9. The lowest BCUT2D eigenvalue weighted by molar-refractivity contribution is -0.402. The van der Waals surface area contributed by atoms with Crippen molar-refractivity contribution in [2.24, 2.45) is 5.73 Å². The van der Waals surface area contributed by atoms with E-state index < -0.39 is 4.92 Å². The molecule has 24 heavy (non-hydrogen) atoms. The van der Waals surface area contributed by atoms with Gasteiger partial charge in [0.25, 0.3) is 0 Å². The minimum atomic E-state index is -0.508. The minimum absolute atomic E-state index is 0.0172. The summed E-state index contributed by atoms with van der Waals surface area (Å²) in [6.45, 7) is 2.59. The van der Waals surface area contributed by atoms with E-state index in [1.807, 2.05) is 12.1 Å². The third kappa shape index (κ3) is 4.71. The van der Waals surface area contributed by atoms with Gasteiger partial charge in [-0.25, -0.2) is 0 Å². The van der Waals surface area contributed by atoms with Crippen molar-refractivity contribution < 1.29 is 13.8 Å². The van der Waals surface area contributed by atoms with Gasteiger partial charge in [0.1, 0.15) is 16.4 Å². The molecule has 0 aliphatic heterocycles. The molecule has 0 aromatic carbocycles. The second-order valence-corrected chi connectivity index (χ2v) is 6.10. The van der Waals surface area contributed by atoms with Gasteiger partial charge in [0.15, 0.2) is 0 Å². The van der Waals surface area contributed by atoms with Crippen LogP contribution in [0.4, 0.5) is 5.88 Å². The van der Waals surface area contributed by atoms with Crippen molar-refractivity contribution in [3.05, 3.63) is 52.2 Å². The van der Waals surface area contributed by atoms with Crippen LogP contribution in [-0.2, 0) is 0 Å². The average molecular weight is 334 g/mol. The number of nitro groups is 1. The predicted octanol–water partition coefficient (Wildman–Crippen LogP) is 4.97. The molecule has 2 aromatic heterocycles. The van der Waals surface area contributed by atoms with Crippen LogP contribution in [-0.4, -0.2) is 11.5 Å². The molecule has 0 amide bonds. The van der Waals surface area contributed by atoms with Crippen LogP contribution in [0.25, 0.3) is 0 Å². The molecule has 2 heterocycles. The summed E-state index contributed by atoms with van der Waals surface area (Å²) in [5.41, 5.74) is 5.99. The number of rotatable bonds is 11. The standard InChI is InChI=1S/C18H26N2O4/c1-2-3-4-5-6-8-14(15(13-19)16-9-7-12-23-16)17-10-11-18(24-17)20(21)22/h7,9-12,14-15H,2-6,8,13,19H2,1H3. The second-order valence-electron chi connectivity index (χ2n) is 6.10. The molecular formula is C18H26N2O4. The summed E-state index contributed by atoms with van der Waals surface area (Å²) in [4.78, 5) is 10.4. The number of hydrogen-bond donors (Lipinski definition) is 1. The quantitative estimate of drug-likeness (QED) is 0.355. The Morgan fingerprint density at radius 2 is 1.92 bits per heavy atom. The molecular weight excluding hydrogens is 308 g/mol. The molecule has 0 aliphatic carbocycles. The lowest BCUT2D eigenvalue weighted by Gasteiger charge is -2.22. The highest BCUT2D eigenvalue weighted by molar-refractivity contribution is 5.24. The average Bonchev–Trinajstić information content (AvgIpc) is 3.25. The normalized spacial score (nSPS) is 13.8. The van der Waals surface area contributed by atoms with Crippen molar-refractivity contribution in [1.82, 2.24) is 0 Å². The minimum Gasteiger partial charge on any atom is -0.469 e. The first-order chi connectivity index (χ1) is 11.7. The van der Waals surface area contributed by atoms with Crippen molar-refractivity contribution in [2.45, 2.75) is 57.3 Å². The fourth-order valence-corrected chi connectivity index (χ4v) is 3.13. The monoisotopic (exact) mass is 334 g/mol. The molecule has 2 aromatic rings. The van der Waals surface area contributed by atoms with Crippen LogP contribution in [0.15, 0.2) is 39.4 Å². The molecule has 0 aliphatic rings. The van der Waals surface area contributed by atoms with Crippen molar-refractivity contribution in [2.75, 3.05) is 6.54 Å². The first kappa shape index (κ1) is 18.3. The van der Waals surface area contributed by atoms with E-state index in [1.54, 1.807) is 12.3 Å². The van der Waals surface area contributed by atoms with Gasteiger partial charge in [-0.3, -0.25) is 10.1 Å². The van der Waals surface area contributed by atoms with Gasteiger partial charge < -0.3 is 14.6 Å². The molecule has 0 fully saturated rings. The van der Waals surface area contributed by atoms with Crippen LogP contribution in [0, 0.1) is 10.1 Å². The zero-order valence-corrected chi connectivity index (χ0v) is 14.1. The molecule has 0 spiro atoms. The molecule has 2 unspecified atom stereocenters. The SMILES string of the molecule is CCCCCCCC(c1ccc([N+](=O)[O-])o1)C(CN)c1ccco1. The highest BCUT2D eigenvalue weighted by Crippen LogP contribution is 2.38. The van der Waals surface area contributed by atoms with E-state index in [0.29, 0.717) is 12.3 Å². The van der Waals surface area contributed by atoms with Gasteiger partial charge in [0.2, 0.25) is 0 Å². The smallest absolute Gasteiger partial charge is 0.433 e. The Hall–Kier alpha value is -2.08. The van der Waals surface area contributed by atoms with Crippen LogP contribution in [0.3, 0.4) is 0 Å². The van der Waals surface area contributed by atoms with Crippen molar-refractivity contribution in [3.63, 3.8) is 0 Å². The molecule has 2 rings (SSSR count). The summed E-state index contributed by atoms with van der Waals surface area (Å²) >= 11 is 0. The van der Waals surface area contributed by atoms with E-state index >= 15 is 0 Å². The molecule has 0 saturated heterocycles. The predicted molar refractivity (Wildman–Crippen MR) is 92.0 cm³/mol. The molecule has 6 nitrogen and oxygen atoms in total. The maximum absolute atomic E-state index is 10.9. The molecule has 2 atom stereocenters. The molecule has 0 bridgehead atoms. The summed E-state index contributed by atoms with van der Waals surface area (Å²) < 4.78 is 11.0. The van der Waals surface area contributed by atoms with Crippen LogP contribution < -0.4 is 5.73 Å². The Kier molecular flexibility index (Phi) is 7.06. The highest BCUT2D eigenvalue weighted by Gasteiger charge is 2.29. The molecule has 6 heteroatoms. The number of furan rings is 2. The fourth-order valence-electron chi connectivity index (χ4n) is 3.13. The van der Waals surface area contributed by atoms with Gasteiger partial charge in [0, 0.05) is 18.4 Å². The summed E-state index contributed by atoms with van der Waals surface area (Å²) in [7, 11) is 0. The maximum atomic E-state index is 10.9. The largest absolute Gasteiger partial charge is 0.469 e. The lowest BCUT2D eigenvalue weighted by atomic mass is 9.84. The van der Waals surface area contributed by atoms with E-state index in [9.17, 15) is 10.1 Å². The third-order valence-electron chi connectivity index (χ3n) is 4.42. The Balaban J connectivity index is 2.14. The molecule has 0 radical (unpaired) electrons. The molecule has 0 saturated carbocycles. The first-order valence-corrected chi connectivity index (χ1v) is 8.65. The highest BCUT2D eigenvalue weighted by atomic mass is 16.6. The van der Waals surface area contributed by atoms with Crippen LogP contribution in [0.2, 0.25) is 0 Å². The molecule has 2 N–H and O–H groups in total. The third-order valence-corrected chi connectivity index (χ3v) is 4.42. The van der Waals surface area contributed by atoms with E-state index in [1.165, 1.54) is 25.3 Å². The van der Waals surface area contributed by atoms with Gasteiger partial charge in [-0.2, -0.15) is 0 Å². The van der Waals surface area contributed by atoms with E-state index in [2.05, 4.69) is 6.92 Å². The summed E-state index contributed by atoms with van der Waals surface area (Å²) in [6, 6.07) is 6.84. The van der Waals surface area contributed by atoms with Crippen molar-refractivity contribution in [3.8, 4) is 0 Å². The van der Waals surface area contributed by atoms with Gasteiger partial charge in [0.05, 0.1) is 12.3 Å². The second kappa shape index (κ2) is 9.27. The zero-order chi connectivity index (χ0) is 17.4. The van der Waals surface area contributed by atoms with Gasteiger partial charge >= 0.3 is 5.88 Å². The zero-order valence-electron chi connectivity index (χ0n) is 14.1. The van der Waals surface area contributed by atoms with Gasteiger partial charge in [-0.15, -0.1) is 0 Å². The van der Waals surface area contributed by atoms with Crippen LogP contribution in [0.5, 0.6) is 0 Å². The van der Waals surface area contributed by atoms with E-state index in [0.717, 1.165) is 25.0 Å². The Bertz CT molecular complexity index is 606. The Morgan fingerprint density at radius 3 is 2.50 bits per heavy atom. The van der Waals surface area contributed by atoms with Gasteiger partial charge in [-0.05, 0) is 24.6 Å². The Morgan fingerprint density at radius 1 is 1.12 bits per heavy atom. The molecule has 132 valence electrons. The first-order valence-electron chi connectivity index (χ1n) is 8.65. The van der Waals surface area contributed by atoms with Crippen molar-refractivity contribution in [1.29, 1.82) is 0 Å². The van der Waals surface area contributed by atoms with Crippen molar-refractivity contribution >= 4 is 5.88 Å². The lowest BCUT2D eigenvalue weighted by Crippen LogP contribution is -2.20. The number of hydrogen-bond acceptors (Lipinski definition) is 5. The summed E-state index contributed by atoms with van der Waals surface area (Å²) in [6.07, 6.45) is 8.31. The van der Waals surface area contributed by atoms with E-state index in [-0.39, 0.29) is 17.7 Å². The summed E-state index contributed by atoms with van der Waals surface area (Å²) in [5.74, 6) is 1.13. The Labute approximate surface area is 142 Å². The topological polar surface area (TPSA) is 95.4 Å². The van der Waals surface area contributed by atoms with Crippen LogP contribution >= 0.6 is 0 Å². The number of unbranched alkanes of at least 4 members (excludes halogenated alkanes) is 4. The van der Waals surface area contributed by atoms with Gasteiger partial charge in [-0.1, -0.05) is 39.0 Å².